The van der Waals surface area contributed by atoms with Gasteiger partial charge in [-0.3, -0.25) is 0 Å². The van der Waals surface area contributed by atoms with E-state index in [0.717, 1.165) is 12.1 Å². The van der Waals surface area contributed by atoms with Crippen molar-refractivity contribution < 1.29 is 17.9 Å². The first-order valence-corrected chi connectivity index (χ1v) is 6.07. The molecular formula is C15H14F3NO. The number of hydrogen-bond acceptors (Lipinski definition) is 2. The minimum Gasteiger partial charge on any atom is -0.497 e. The van der Waals surface area contributed by atoms with Crippen molar-refractivity contribution in [3.05, 3.63) is 65.0 Å². The summed E-state index contributed by atoms with van der Waals surface area (Å²) in [5.74, 6) is -1.69. The van der Waals surface area contributed by atoms with Crippen molar-refractivity contribution >= 4 is 0 Å². The molecule has 2 aromatic rings. The number of benzene rings is 2. The molecule has 0 bridgehead atoms. The first-order chi connectivity index (χ1) is 9.60. The fourth-order valence-corrected chi connectivity index (χ4v) is 1.79. The van der Waals surface area contributed by atoms with E-state index in [1.54, 1.807) is 12.1 Å². The molecule has 0 fully saturated rings. The highest BCUT2D eigenvalue weighted by Crippen LogP contribution is 2.16. The van der Waals surface area contributed by atoms with Crippen LogP contribution in [-0.2, 0) is 13.1 Å². The van der Waals surface area contributed by atoms with E-state index in [9.17, 15) is 13.2 Å². The molecule has 0 unspecified atom stereocenters. The molecule has 0 saturated heterocycles. The lowest BCUT2D eigenvalue weighted by atomic mass is 10.2. The highest BCUT2D eigenvalue weighted by Gasteiger charge is 2.05. The lowest BCUT2D eigenvalue weighted by Crippen LogP contribution is -2.14. The molecule has 0 aromatic heterocycles. The minimum absolute atomic E-state index is 0.287. The van der Waals surface area contributed by atoms with Gasteiger partial charge in [-0.2, -0.15) is 0 Å². The van der Waals surface area contributed by atoms with Crippen LogP contribution in [0.2, 0.25) is 0 Å². The molecule has 2 aromatic carbocycles. The quantitative estimate of drug-likeness (QED) is 0.907. The maximum Gasteiger partial charge on any atom is 0.159 e. The van der Waals surface area contributed by atoms with Gasteiger partial charge in [-0.05, 0) is 23.8 Å². The maximum absolute atomic E-state index is 13.7. The van der Waals surface area contributed by atoms with Crippen molar-refractivity contribution in [2.45, 2.75) is 13.1 Å². The Hall–Kier alpha value is -2.01. The average Bonchev–Trinajstić information content (AvgIpc) is 2.44. The third-order valence-electron chi connectivity index (χ3n) is 2.89. The van der Waals surface area contributed by atoms with Crippen molar-refractivity contribution in [2.24, 2.45) is 0 Å². The number of methoxy groups -OCH3 is 1. The summed E-state index contributed by atoms with van der Waals surface area (Å²) >= 11 is 0. The Balaban J connectivity index is 1.94. The second-order valence-electron chi connectivity index (χ2n) is 4.31. The Labute approximate surface area is 115 Å². The molecular weight excluding hydrogens is 267 g/mol. The van der Waals surface area contributed by atoms with Crippen molar-refractivity contribution in [2.75, 3.05) is 7.11 Å². The summed E-state index contributed by atoms with van der Waals surface area (Å²) in [7, 11) is 1.47. The van der Waals surface area contributed by atoms with Crippen LogP contribution in [0.15, 0.2) is 36.4 Å². The molecule has 0 radical (unpaired) electrons. The summed E-state index contributed by atoms with van der Waals surface area (Å²) in [5.41, 5.74) is 1.08. The maximum atomic E-state index is 13.7. The van der Waals surface area contributed by atoms with Gasteiger partial charge in [0.15, 0.2) is 11.6 Å². The fourth-order valence-electron chi connectivity index (χ4n) is 1.79. The summed E-state index contributed by atoms with van der Waals surface area (Å²) in [4.78, 5) is 0. The van der Waals surface area contributed by atoms with Gasteiger partial charge in [-0.25, -0.2) is 13.2 Å². The molecule has 0 aliphatic carbocycles. The molecule has 20 heavy (non-hydrogen) atoms. The zero-order valence-electron chi connectivity index (χ0n) is 10.9. The summed E-state index contributed by atoms with van der Waals surface area (Å²) < 4.78 is 44.3. The van der Waals surface area contributed by atoms with E-state index in [1.165, 1.54) is 19.2 Å². The second-order valence-corrected chi connectivity index (χ2v) is 4.31. The molecule has 0 amide bonds. The third-order valence-corrected chi connectivity index (χ3v) is 2.89. The van der Waals surface area contributed by atoms with Crippen molar-refractivity contribution in [3.63, 3.8) is 0 Å². The molecule has 0 heterocycles. The topological polar surface area (TPSA) is 21.3 Å². The molecule has 1 N–H and O–H groups in total. The molecule has 0 atom stereocenters. The van der Waals surface area contributed by atoms with E-state index in [2.05, 4.69) is 5.32 Å². The molecule has 106 valence electrons. The van der Waals surface area contributed by atoms with Crippen molar-refractivity contribution in [3.8, 4) is 5.75 Å². The molecule has 0 saturated carbocycles. The molecule has 0 aliphatic heterocycles. The molecule has 0 aliphatic rings. The lowest BCUT2D eigenvalue weighted by molar-refractivity contribution is 0.410. The van der Waals surface area contributed by atoms with Crippen LogP contribution in [0.1, 0.15) is 11.1 Å². The summed E-state index contributed by atoms with van der Waals surface area (Å²) in [6.07, 6.45) is 0. The van der Waals surface area contributed by atoms with Crippen LogP contribution in [0.25, 0.3) is 0 Å². The third kappa shape index (κ3) is 3.51. The van der Waals surface area contributed by atoms with Crippen LogP contribution in [-0.4, -0.2) is 7.11 Å². The van der Waals surface area contributed by atoms with Gasteiger partial charge in [-0.15, -0.1) is 0 Å². The monoisotopic (exact) mass is 281 g/mol. The first kappa shape index (κ1) is 14.4. The molecule has 0 spiro atoms. The summed E-state index contributed by atoms with van der Waals surface area (Å²) in [5, 5.41) is 2.97. The Morgan fingerprint density at radius 1 is 0.900 bits per heavy atom. The Kier molecular flexibility index (Phi) is 4.63. The van der Waals surface area contributed by atoms with E-state index < -0.39 is 11.6 Å². The number of halogens is 3. The molecule has 5 heteroatoms. The van der Waals surface area contributed by atoms with Gasteiger partial charge in [0.1, 0.15) is 11.6 Å². The van der Waals surface area contributed by atoms with Gasteiger partial charge in [0.25, 0.3) is 0 Å². The van der Waals surface area contributed by atoms with Gasteiger partial charge in [0.05, 0.1) is 7.11 Å². The summed E-state index contributed by atoms with van der Waals surface area (Å²) in [6, 6.07) is 8.25. The van der Waals surface area contributed by atoms with Crippen molar-refractivity contribution in [1.82, 2.24) is 5.32 Å². The van der Waals surface area contributed by atoms with Gasteiger partial charge in [-0.1, -0.05) is 12.1 Å². The van der Waals surface area contributed by atoms with Gasteiger partial charge in [0, 0.05) is 24.7 Å². The van der Waals surface area contributed by atoms with Crippen LogP contribution >= 0.6 is 0 Å². The van der Waals surface area contributed by atoms with Crippen LogP contribution in [0.4, 0.5) is 13.2 Å². The van der Waals surface area contributed by atoms with Gasteiger partial charge < -0.3 is 10.1 Å². The second kappa shape index (κ2) is 6.43. The minimum atomic E-state index is -0.889. The fraction of sp³-hybridized carbons (Fsp3) is 0.200. The first-order valence-electron chi connectivity index (χ1n) is 6.07. The predicted molar refractivity (Wildman–Crippen MR) is 69.9 cm³/mol. The number of ether oxygens (including phenoxy) is 1. The molecule has 2 rings (SSSR count). The normalized spacial score (nSPS) is 10.6. The zero-order chi connectivity index (χ0) is 14.5. The van der Waals surface area contributed by atoms with Crippen LogP contribution in [0.3, 0.4) is 0 Å². The Morgan fingerprint density at radius 2 is 1.70 bits per heavy atom. The van der Waals surface area contributed by atoms with Gasteiger partial charge >= 0.3 is 0 Å². The SMILES string of the molecule is COc1ccc(CNCc2ccc(F)c(F)c2)c(F)c1. The predicted octanol–water partition coefficient (Wildman–Crippen LogP) is 3.40. The zero-order valence-corrected chi connectivity index (χ0v) is 10.9. The standard InChI is InChI=1S/C15H14F3NO/c1-20-12-4-3-11(14(17)7-12)9-19-8-10-2-5-13(16)15(18)6-10/h2-7,19H,8-9H2,1H3. The number of hydrogen-bond donors (Lipinski definition) is 1. The van der Waals surface area contributed by atoms with E-state index >= 15 is 0 Å². The van der Waals surface area contributed by atoms with E-state index in [4.69, 9.17) is 4.74 Å². The van der Waals surface area contributed by atoms with Crippen molar-refractivity contribution in [1.29, 1.82) is 0 Å². The lowest BCUT2D eigenvalue weighted by Gasteiger charge is -2.08. The number of rotatable bonds is 5. The molecule has 2 nitrogen and oxygen atoms in total. The average molecular weight is 281 g/mol. The smallest absolute Gasteiger partial charge is 0.159 e. The number of nitrogens with one attached hydrogen (secondary N) is 1. The van der Waals surface area contributed by atoms with Gasteiger partial charge in [0.2, 0.25) is 0 Å². The Morgan fingerprint density at radius 3 is 2.35 bits per heavy atom. The van der Waals surface area contributed by atoms with Crippen LogP contribution in [0.5, 0.6) is 5.75 Å². The summed E-state index contributed by atoms with van der Waals surface area (Å²) in [6.45, 7) is 0.609. The van der Waals surface area contributed by atoms with Crippen LogP contribution < -0.4 is 10.1 Å². The highest BCUT2D eigenvalue weighted by molar-refractivity contribution is 5.29. The highest BCUT2D eigenvalue weighted by atomic mass is 19.2. The van der Waals surface area contributed by atoms with E-state index in [-0.39, 0.29) is 12.4 Å². The largest absolute Gasteiger partial charge is 0.497 e. The van der Waals surface area contributed by atoms with E-state index in [1.807, 2.05) is 0 Å². The Bertz CT molecular complexity index is 602. The van der Waals surface area contributed by atoms with E-state index in [0.29, 0.717) is 23.4 Å². The van der Waals surface area contributed by atoms with Crippen LogP contribution in [0, 0.1) is 17.5 Å².